The summed E-state index contributed by atoms with van der Waals surface area (Å²) in [6.07, 6.45) is 0. The van der Waals surface area contributed by atoms with Gasteiger partial charge in [0.1, 0.15) is 0 Å². The van der Waals surface area contributed by atoms with Crippen LogP contribution in [0.1, 0.15) is 22.1 Å². The molecule has 0 fully saturated rings. The molecule has 8 nitrogen and oxygen atoms in total. The van der Waals surface area contributed by atoms with Crippen molar-refractivity contribution in [1.82, 2.24) is 19.9 Å². The average Bonchev–Trinajstić information content (AvgIpc) is 3.38. The molecule has 28 heavy (non-hydrogen) atoms. The molecule has 0 amide bonds. The van der Waals surface area contributed by atoms with E-state index in [1.807, 2.05) is 47.2 Å². The molecule has 0 unspecified atom stereocenters. The minimum atomic E-state index is -0.857. The molecule has 0 atom stereocenters. The van der Waals surface area contributed by atoms with E-state index in [1.165, 1.54) is 22.1 Å². The quantitative estimate of drug-likeness (QED) is 0.480. The van der Waals surface area contributed by atoms with Crippen LogP contribution in [-0.2, 0) is 11.3 Å². The van der Waals surface area contributed by atoms with Gasteiger partial charge >= 0.3 is 5.97 Å². The first-order valence-corrected chi connectivity index (χ1v) is 9.25. The highest BCUT2D eigenvalue weighted by Gasteiger charge is 2.18. The molecule has 0 aliphatic carbocycles. The third-order valence-electron chi connectivity index (χ3n) is 3.88. The Morgan fingerprint density at radius 1 is 1.25 bits per heavy atom. The van der Waals surface area contributed by atoms with E-state index in [2.05, 4.69) is 15.2 Å². The predicted octanol–water partition coefficient (Wildman–Crippen LogP) is 3.01. The maximum Gasteiger partial charge on any atom is 0.363 e. The monoisotopic (exact) mass is 394 g/mol. The summed E-state index contributed by atoms with van der Waals surface area (Å²) in [5.74, 6) is -0.317. The van der Waals surface area contributed by atoms with Gasteiger partial charge in [-0.1, -0.05) is 23.4 Å². The molecule has 1 aromatic carbocycles. The van der Waals surface area contributed by atoms with E-state index in [-0.39, 0.29) is 18.2 Å². The number of ether oxygens (including phenoxy) is 1. The van der Waals surface area contributed by atoms with Crippen molar-refractivity contribution in [3.8, 4) is 17.1 Å². The summed E-state index contributed by atoms with van der Waals surface area (Å²) in [6.45, 7) is 1.48. The van der Waals surface area contributed by atoms with Gasteiger partial charge in [-0.2, -0.15) is 21.4 Å². The van der Waals surface area contributed by atoms with E-state index in [4.69, 9.17) is 9.26 Å². The Labute approximate surface area is 163 Å². The molecule has 4 aromatic rings. The fourth-order valence-electron chi connectivity index (χ4n) is 2.54. The zero-order chi connectivity index (χ0) is 19.5. The van der Waals surface area contributed by atoms with Gasteiger partial charge in [0.2, 0.25) is 16.9 Å². The van der Waals surface area contributed by atoms with Crippen molar-refractivity contribution < 1.29 is 14.1 Å². The molecule has 0 radical (unpaired) electrons. The van der Waals surface area contributed by atoms with Gasteiger partial charge in [0.15, 0.2) is 6.61 Å². The Bertz CT molecular complexity index is 1170. The van der Waals surface area contributed by atoms with Crippen LogP contribution in [0.3, 0.4) is 0 Å². The first kappa shape index (κ1) is 17.8. The Hall–Kier alpha value is -3.59. The first-order chi connectivity index (χ1) is 13.6. The number of benzene rings is 1. The number of aryl methyl sites for hydroxylation is 1. The van der Waals surface area contributed by atoms with Crippen molar-refractivity contribution >= 4 is 17.3 Å². The number of hydrogen-bond donors (Lipinski definition) is 0. The van der Waals surface area contributed by atoms with E-state index >= 15 is 0 Å². The third kappa shape index (κ3) is 3.60. The fraction of sp³-hybridized carbons (Fsp3) is 0.105. The van der Waals surface area contributed by atoms with Crippen molar-refractivity contribution in [2.45, 2.75) is 13.5 Å². The van der Waals surface area contributed by atoms with Gasteiger partial charge in [-0.3, -0.25) is 4.79 Å². The van der Waals surface area contributed by atoms with E-state index in [9.17, 15) is 9.59 Å². The number of rotatable bonds is 5. The van der Waals surface area contributed by atoms with Crippen LogP contribution in [0.5, 0.6) is 0 Å². The number of carbonyl (C=O) groups is 1. The first-order valence-electron chi connectivity index (χ1n) is 8.30. The number of aromatic nitrogens is 4. The van der Waals surface area contributed by atoms with Crippen molar-refractivity contribution in [1.29, 1.82) is 0 Å². The maximum atomic E-state index is 12.4. The number of hydrogen-bond acceptors (Lipinski definition) is 8. The van der Waals surface area contributed by atoms with Crippen LogP contribution in [0.2, 0.25) is 0 Å². The van der Waals surface area contributed by atoms with Crippen LogP contribution < -0.4 is 5.43 Å². The van der Waals surface area contributed by atoms with Gasteiger partial charge in [-0.05, 0) is 30.5 Å². The molecule has 0 spiro atoms. The number of thiophene rings is 1. The molecule has 140 valence electrons. The number of nitrogens with zero attached hydrogens (tertiary/aromatic N) is 4. The normalized spacial score (nSPS) is 10.8. The molecule has 0 saturated carbocycles. The lowest BCUT2D eigenvalue weighted by Crippen LogP contribution is -2.24. The van der Waals surface area contributed by atoms with Gasteiger partial charge in [0.25, 0.3) is 5.89 Å². The van der Waals surface area contributed by atoms with E-state index in [0.29, 0.717) is 11.5 Å². The molecule has 9 heteroatoms. The molecular weight excluding hydrogens is 380 g/mol. The Kier molecular flexibility index (Phi) is 4.81. The molecule has 0 aliphatic rings. The number of carbonyl (C=O) groups excluding carboxylic acids is 1. The van der Waals surface area contributed by atoms with E-state index in [1.54, 1.807) is 6.92 Å². The highest BCUT2D eigenvalue weighted by molar-refractivity contribution is 7.08. The number of esters is 1. The minimum absolute atomic E-state index is 0.130. The van der Waals surface area contributed by atoms with E-state index in [0.717, 1.165) is 11.3 Å². The summed E-state index contributed by atoms with van der Waals surface area (Å²) in [5, 5.41) is 11.8. The summed E-state index contributed by atoms with van der Waals surface area (Å²) >= 11 is 1.51. The molecule has 0 N–H and O–H groups in total. The molecular formula is C19H14N4O4S. The molecule has 4 rings (SSSR count). The van der Waals surface area contributed by atoms with Crippen LogP contribution in [0.15, 0.2) is 62.5 Å². The molecule has 3 aromatic heterocycles. The van der Waals surface area contributed by atoms with Gasteiger partial charge in [0, 0.05) is 22.7 Å². The Morgan fingerprint density at radius 2 is 2.07 bits per heavy atom. The summed E-state index contributed by atoms with van der Waals surface area (Å²) < 4.78 is 11.7. The zero-order valence-corrected chi connectivity index (χ0v) is 15.5. The second-order valence-corrected chi connectivity index (χ2v) is 6.63. The topological polar surface area (TPSA) is 100 Å². The largest absolute Gasteiger partial charge is 0.451 e. The van der Waals surface area contributed by atoms with Crippen LogP contribution >= 0.6 is 11.3 Å². The number of para-hydroxylation sites is 1. The summed E-state index contributed by atoms with van der Waals surface area (Å²) in [6, 6.07) is 12.4. The lowest BCUT2D eigenvalue weighted by molar-refractivity contribution is 0.0419. The van der Waals surface area contributed by atoms with Gasteiger partial charge in [-0.25, -0.2) is 9.48 Å². The fourth-order valence-corrected chi connectivity index (χ4v) is 3.17. The van der Waals surface area contributed by atoms with Crippen molar-refractivity contribution in [3.63, 3.8) is 0 Å². The van der Waals surface area contributed by atoms with Crippen molar-refractivity contribution in [3.05, 3.63) is 80.7 Å². The highest BCUT2D eigenvalue weighted by atomic mass is 32.1. The van der Waals surface area contributed by atoms with Crippen molar-refractivity contribution in [2.75, 3.05) is 0 Å². The lowest BCUT2D eigenvalue weighted by Gasteiger charge is -2.10. The maximum absolute atomic E-state index is 12.4. The predicted molar refractivity (Wildman–Crippen MR) is 101 cm³/mol. The van der Waals surface area contributed by atoms with Crippen LogP contribution in [-0.4, -0.2) is 25.9 Å². The van der Waals surface area contributed by atoms with Gasteiger partial charge < -0.3 is 9.26 Å². The summed E-state index contributed by atoms with van der Waals surface area (Å²) in [5.41, 5.74) is 1.32. The molecule has 0 saturated heterocycles. The second kappa shape index (κ2) is 7.57. The summed E-state index contributed by atoms with van der Waals surface area (Å²) in [4.78, 5) is 28.8. The molecule has 3 heterocycles. The standard InChI is InChI=1S/C19H14N4O4S/c1-12-9-15(24)17(21-23(12)14-5-3-2-4-6-14)19(25)26-10-16-20-18(22-27-16)13-7-8-28-11-13/h2-9,11H,10H2,1H3. The second-order valence-electron chi connectivity index (χ2n) is 5.85. The van der Waals surface area contributed by atoms with Crippen LogP contribution in [0.4, 0.5) is 0 Å². The summed E-state index contributed by atoms with van der Waals surface area (Å²) in [7, 11) is 0. The smallest absolute Gasteiger partial charge is 0.363 e. The Morgan fingerprint density at radius 3 is 2.82 bits per heavy atom. The van der Waals surface area contributed by atoms with Gasteiger partial charge in [-0.15, -0.1) is 0 Å². The molecule has 0 aliphatic heterocycles. The van der Waals surface area contributed by atoms with Gasteiger partial charge in [0.05, 0.1) is 5.69 Å². The van der Waals surface area contributed by atoms with Crippen LogP contribution in [0, 0.1) is 6.92 Å². The Balaban J connectivity index is 1.53. The minimum Gasteiger partial charge on any atom is -0.451 e. The average molecular weight is 394 g/mol. The van der Waals surface area contributed by atoms with Crippen LogP contribution in [0.25, 0.3) is 17.1 Å². The third-order valence-corrected chi connectivity index (χ3v) is 4.56. The molecule has 0 bridgehead atoms. The van der Waals surface area contributed by atoms with E-state index < -0.39 is 11.4 Å². The van der Waals surface area contributed by atoms with Crippen molar-refractivity contribution in [2.24, 2.45) is 0 Å². The zero-order valence-electron chi connectivity index (χ0n) is 14.7. The lowest BCUT2D eigenvalue weighted by atomic mass is 10.3. The SMILES string of the molecule is Cc1cc(=O)c(C(=O)OCc2nc(-c3ccsc3)no2)nn1-c1ccccc1. The highest BCUT2D eigenvalue weighted by Crippen LogP contribution is 2.19.